The number of hydrogen-bond acceptors (Lipinski definition) is 3. The van der Waals surface area contributed by atoms with Crippen molar-refractivity contribution in [2.24, 2.45) is 0 Å². The van der Waals surface area contributed by atoms with Gasteiger partial charge in [-0.15, -0.1) is 0 Å². The fourth-order valence-electron chi connectivity index (χ4n) is 4.12. The second-order valence-corrected chi connectivity index (χ2v) is 8.34. The molecule has 144 valence electrons. The van der Waals surface area contributed by atoms with E-state index in [0.29, 0.717) is 24.3 Å². The number of carbonyl (C=O) groups excluding carboxylic acids is 3. The first-order chi connectivity index (χ1) is 13.0. The predicted molar refractivity (Wildman–Crippen MR) is 105 cm³/mol. The van der Waals surface area contributed by atoms with E-state index < -0.39 is 6.04 Å². The Kier molecular flexibility index (Phi) is 5.08. The van der Waals surface area contributed by atoms with Crippen LogP contribution in [0.15, 0.2) is 22.7 Å². The van der Waals surface area contributed by atoms with Crippen molar-refractivity contribution < 1.29 is 14.4 Å². The Labute approximate surface area is 166 Å². The van der Waals surface area contributed by atoms with Crippen LogP contribution in [0.2, 0.25) is 0 Å². The average Bonchev–Trinajstić information content (AvgIpc) is 2.78. The zero-order chi connectivity index (χ0) is 19.0. The van der Waals surface area contributed by atoms with Crippen molar-refractivity contribution in [3.8, 4) is 0 Å². The van der Waals surface area contributed by atoms with Gasteiger partial charge in [0.25, 0.3) is 5.91 Å². The van der Waals surface area contributed by atoms with Crippen LogP contribution >= 0.6 is 15.9 Å². The molecule has 1 atom stereocenters. The van der Waals surface area contributed by atoms with Crippen molar-refractivity contribution in [3.05, 3.63) is 28.2 Å². The summed E-state index contributed by atoms with van der Waals surface area (Å²) in [6, 6.07) is 4.65. The summed E-state index contributed by atoms with van der Waals surface area (Å²) in [7, 11) is 0. The highest BCUT2D eigenvalue weighted by atomic mass is 79.9. The molecule has 8 heteroatoms. The van der Waals surface area contributed by atoms with Gasteiger partial charge in [-0.25, -0.2) is 4.79 Å². The SMILES string of the molecule is O=C1Nc2ccc(Br)cc2C(=O)N2CCN(C(=O)NC3CCCCC3)C[C@H]12. The topological polar surface area (TPSA) is 81.8 Å². The fraction of sp³-hybridized carbons (Fsp3) is 0.526. The summed E-state index contributed by atoms with van der Waals surface area (Å²) in [5, 5.41) is 5.94. The molecule has 2 aliphatic heterocycles. The normalized spacial score (nSPS) is 23.2. The number of amides is 4. The quantitative estimate of drug-likeness (QED) is 0.712. The lowest BCUT2D eigenvalue weighted by atomic mass is 9.96. The first kappa shape index (κ1) is 18.3. The van der Waals surface area contributed by atoms with Crippen molar-refractivity contribution >= 4 is 39.5 Å². The highest BCUT2D eigenvalue weighted by Crippen LogP contribution is 2.28. The molecule has 4 amide bonds. The molecule has 1 aliphatic carbocycles. The number of anilines is 1. The smallest absolute Gasteiger partial charge is 0.317 e. The van der Waals surface area contributed by atoms with E-state index in [0.717, 1.165) is 30.2 Å². The van der Waals surface area contributed by atoms with E-state index in [-0.39, 0.29) is 30.4 Å². The molecule has 0 unspecified atom stereocenters. The number of urea groups is 1. The van der Waals surface area contributed by atoms with Crippen molar-refractivity contribution in [1.29, 1.82) is 0 Å². The molecule has 0 spiro atoms. The number of carbonyl (C=O) groups is 3. The van der Waals surface area contributed by atoms with E-state index in [1.54, 1.807) is 28.0 Å². The maximum absolute atomic E-state index is 13.0. The van der Waals surface area contributed by atoms with E-state index in [9.17, 15) is 14.4 Å². The monoisotopic (exact) mass is 434 g/mol. The lowest BCUT2D eigenvalue weighted by molar-refractivity contribution is -0.121. The molecular formula is C19H23BrN4O3. The first-order valence-electron chi connectivity index (χ1n) is 9.50. The van der Waals surface area contributed by atoms with Gasteiger partial charge in [0, 0.05) is 23.6 Å². The van der Waals surface area contributed by atoms with Gasteiger partial charge in [-0.05, 0) is 31.0 Å². The van der Waals surface area contributed by atoms with Crippen LogP contribution < -0.4 is 10.6 Å². The molecule has 1 aromatic rings. The van der Waals surface area contributed by atoms with Crippen LogP contribution in [0.25, 0.3) is 0 Å². The minimum absolute atomic E-state index is 0.133. The van der Waals surface area contributed by atoms with E-state index >= 15 is 0 Å². The lowest BCUT2D eigenvalue weighted by Gasteiger charge is -2.40. The second-order valence-electron chi connectivity index (χ2n) is 7.42. The molecule has 1 aromatic carbocycles. The number of rotatable bonds is 1. The molecule has 2 fully saturated rings. The molecule has 0 aromatic heterocycles. The van der Waals surface area contributed by atoms with Crippen LogP contribution in [0.4, 0.5) is 10.5 Å². The molecule has 1 saturated heterocycles. The summed E-state index contributed by atoms with van der Waals surface area (Å²) < 4.78 is 0.785. The zero-order valence-corrected chi connectivity index (χ0v) is 16.6. The van der Waals surface area contributed by atoms with Gasteiger partial charge in [-0.3, -0.25) is 9.59 Å². The van der Waals surface area contributed by atoms with E-state index in [2.05, 4.69) is 26.6 Å². The summed E-state index contributed by atoms with van der Waals surface area (Å²) in [4.78, 5) is 41.6. The summed E-state index contributed by atoms with van der Waals surface area (Å²) in [5.41, 5.74) is 0.987. The number of hydrogen-bond donors (Lipinski definition) is 2. The minimum Gasteiger partial charge on any atom is -0.335 e. The third-order valence-corrected chi connectivity index (χ3v) is 6.13. The Hall–Kier alpha value is -2.09. The van der Waals surface area contributed by atoms with Crippen LogP contribution in [-0.2, 0) is 4.79 Å². The molecule has 0 bridgehead atoms. The van der Waals surface area contributed by atoms with E-state index in [4.69, 9.17) is 0 Å². The van der Waals surface area contributed by atoms with Gasteiger partial charge in [0.1, 0.15) is 6.04 Å². The maximum atomic E-state index is 13.0. The van der Waals surface area contributed by atoms with Crippen molar-refractivity contribution in [2.75, 3.05) is 25.0 Å². The Morgan fingerprint density at radius 3 is 2.70 bits per heavy atom. The van der Waals surface area contributed by atoms with Gasteiger partial charge in [-0.2, -0.15) is 0 Å². The van der Waals surface area contributed by atoms with E-state index in [1.165, 1.54) is 6.42 Å². The third kappa shape index (κ3) is 3.67. The Bertz CT molecular complexity index is 778. The highest BCUT2D eigenvalue weighted by molar-refractivity contribution is 9.10. The second kappa shape index (κ2) is 7.50. The van der Waals surface area contributed by atoms with Crippen LogP contribution in [0.3, 0.4) is 0 Å². The molecule has 7 nitrogen and oxygen atoms in total. The molecule has 27 heavy (non-hydrogen) atoms. The molecular weight excluding hydrogens is 412 g/mol. The van der Waals surface area contributed by atoms with Gasteiger partial charge in [0.05, 0.1) is 17.8 Å². The van der Waals surface area contributed by atoms with Crippen LogP contribution in [-0.4, -0.2) is 59.4 Å². The summed E-state index contributed by atoms with van der Waals surface area (Å²) in [6.07, 6.45) is 5.54. The Morgan fingerprint density at radius 1 is 1.15 bits per heavy atom. The standard InChI is InChI=1S/C19H23BrN4O3/c20-12-6-7-15-14(10-12)18(26)24-9-8-23(11-16(24)17(25)22-15)19(27)21-13-4-2-1-3-5-13/h6-7,10,13,16H,1-5,8-9,11H2,(H,21,27)(H,22,25)/t16-/m1/s1. The Morgan fingerprint density at radius 2 is 1.93 bits per heavy atom. The molecule has 0 radical (unpaired) electrons. The van der Waals surface area contributed by atoms with Gasteiger partial charge in [-0.1, -0.05) is 35.2 Å². The molecule has 1 saturated carbocycles. The largest absolute Gasteiger partial charge is 0.335 e. The van der Waals surface area contributed by atoms with Crippen molar-refractivity contribution in [1.82, 2.24) is 15.1 Å². The number of piperazine rings is 1. The van der Waals surface area contributed by atoms with Crippen LogP contribution in [0.1, 0.15) is 42.5 Å². The minimum atomic E-state index is -0.672. The summed E-state index contributed by atoms with van der Waals surface area (Å²) in [5.74, 6) is -0.429. The lowest BCUT2D eigenvalue weighted by Crippen LogP contribution is -2.61. The summed E-state index contributed by atoms with van der Waals surface area (Å²) >= 11 is 3.38. The van der Waals surface area contributed by atoms with Crippen LogP contribution in [0, 0.1) is 0 Å². The Balaban J connectivity index is 1.49. The highest BCUT2D eigenvalue weighted by Gasteiger charge is 2.40. The molecule has 4 rings (SSSR count). The van der Waals surface area contributed by atoms with Gasteiger partial charge in [0.2, 0.25) is 5.91 Å². The fourth-order valence-corrected chi connectivity index (χ4v) is 4.48. The van der Waals surface area contributed by atoms with Crippen molar-refractivity contribution in [2.45, 2.75) is 44.2 Å². The number of nitrogens with zero attached hydrogens (tertiary/aromatic N) is 2. The maximum Gasteiger partial charge on any atom is 0.317 e. The average molecular weight is 435 g/mol. The number of fused-ring (bicyclic) bond motifs is 2. The van der Waals surface area contributed by atoms with Crippen molar-refractivity contribution in [3.63, 3.8) is 0 Å². The first-order valence-corrected chi connectivity index (χ1v) is 10.3. The van der Waals surface area contributed by atoms with Gasteiger partial charge in [0.15, 0.2) is 0 Å². The molecule has 3 aliphatic rings. The number of halogens is 1. The number of nitrogens with one attached hydrogen (secondary N) is 2. The van der Waals surface area contributed by atoms with Gasteiger partial charge < -0.3 is 20.4 Å². The van der Waals surface area contributed by atoms with Gasteiger partial charge >= 0.3 is 6.03 Å². The van der Waals surface area contributed by atoms with Crippen LogP contribution in [0.5, 0.6) is 0 Å². The number of benzene rings is 1. The summed E-state index contributed by atoms with van der Waals surface area (Å²) in [6.45, 7) is 0.990. The molecule has 2 N–H and O–H groups in total. The van der Waals surface area contributed by atoms with E-state index in [1.807, 2.05) is 0 Å². The third-order valence-electron chi connectivity index (χ3n) is 5.63. The molecule has 2 heterocycles. The zero-order valence-electron chi connectivity index (χ0n) is 15.0. The predicted octanol–water partition coefficient (Wildman–Crippen LogP) is 2.57.